The largest absolute Gasteiger partial charge is 0.212 e. The number of hydrazine groups is 2. The quantitative estimate of drug-likeness (QED) is 0.397. The Morgan fingerprint density at radius 3 is 1.67 bits per heavy atom. The molecule has 0 N–H and O–H groups in total. The van der Waals surface area contributed by atoms with Crippen LogP contribution in [-0.2, 0) is 0 Å². The van der Waals surface area contributed by atoms with Crippen molar-refractivity contribution in [2.45, 2.75) is 0 Å². The summed E-state index contributed by atoms with van der Waals surface area (Å²) in [5, 5.41) is 14.3. The molecule has 4 heteroatoms. The summed E-state index contributed by atoms with van der Waals surface area (Å²) in [6, 6.07) is 0. The first kappa shape index (κ1) is 5.03. The Balaban J connectivity index is 2.19. The SMILES string of the molecule is N#CN1N2CCN1CC2. The Morgan fingerprint density at radius 1 is 1.00 bits per heavy atom. The van der Waals surface area contributed by atoms with E-state index in [1.54, 1.807) is 5.12 Å². The highest BCUT2D eigenvalue weighted by Crippen LogP contribution is 2.16. The second kappa shape index (κ2) is 1.59. The second-order valence-electron chi connectivity index (χ2n) is 2.30. The number of piperazine rings is 1. The van der Waals surface area contributed by atoms with Gasteiger partial charge in [0.05, 0.1) is 0 Å². The minimum atomic E-state index is 1.02. The van der Waals surface area contributed by atoms with Crippen LogP contribution in [0, 0.1) is 11.5 Å². The fourth-order valence-electron chi connectivity index (χ4n) is 1.37. The number of hydrogen-bond acceptors (Lipinski definition) is 4. The van der Waals surface area contributed by atoms with Crippen LogP contribution in [0.15, 0.2) is 0 Å². The zero-order valence-corrected chi connectivity index (χ0v) is 5.12. The van der Waals surface area contributed by atoms with Crippen molar-refractivity contribution in [3.05, 3.63) is 0 Å². The van der Waals surface area contributed by atoms with Crippen molar-refractivity contribution < 1.29 is 0 Å². The van der Waals surface area contributed by atoms with E-state index in [1.165, 1.54) is 0 Å². The zero-order valence-electron chi connectivity index (χ0n) is 5.12. The molecule has 0 saturated carbocycles. The maximum Gasteiger partial charge on any atom is 0.212 e. The average molecular weight is 124 g/mol. The number of fused-ring (bicyclic) bond motifs is 2. The lowest BCUT2D eigenvalue weighted by atomic mass is 10.4. The highest BCUT2D eigenvalue weighted by molar-refractivity contribution is 4.83. The second-order valence-corrected chi connectivity index (χ2v) is 2.30. The van der Waals surface area contributed by atoms with Crippen molar-refractivity contribution in [1.29, 1.82) is 5.26 Å². The van der Waals surface area contributed by atoms with Gasteiger partial charge in [-0.2, -0.15) is 20.4 Å². The van der Waals surface area contributed by atoms with E-state index in [9.17, 15) is 0 Å². The summed E-state index contributed by atoms with van der Waals surface area (Å²) in [5.41, 5.74) is 0. The molecule has 2 fully saturated rings. The van der Waals surface area contributed by atoms with Crippen LogP contribution in [-0.4, -0.2) is 41.3 Å². The maximum atomic E-state index is 8.54. The predicted octanol–water partition coefficient (Wildman–Crippen LogP) is -0.769. The average Bonchev–Trinajstić information content (AvgIpc) is 2.44. The van der Waals surface area contributed by atoms with Gasteiger partial charge in [0, 0.05) is 26.2 Å². The highest BCUT2D eigenvalue weighted by Gasteiger charge is 2.34. The molecule has 2 rings (SSSR count). The molecule has 0 aromatic rings. The molecule has 2 heterocycles. The zero-order chi connectivity index (χ0) is 6.27. The van der Waals surface area contributed by atoms with Crippen LogP contribution in [0.4, 0.5) is 0 Å². The molecule has 2 saturated heterocycles. The van der Waals surface area contributed by atoms with Gasteiger partial charge in [0.2, 0.25) is 6.19 Å². The molecule has 0 aliphatic carbocycles. The van der Waals surface area contributed by atoms with E-state index in [-0.39, 0.29) is 0 Å². The van der Waals surface area contributed by atoms with Gasteiger partial charge in [-0.25, -0.2) is 0 Å². The van der Waals surface area contributed by atoms with Gasteiger partial charge in [-0.05, 0) is 0 Å². The first-order chi connectivity index (χ1) is 4.42. The van der Waals surface area contributed by atoms with Gasteiger partial charge < -0.3 is 0 Å². The third kappa shape index (κ3) is 0.530. The molecule has 9 heavy (non-hydrogen) atoms. The molecule has 2 aliphatic rings. The molecular formula is C5H8N4. The number of rotatable bonds is 0. The molecule has 48 valence electrons. The van der Waals surface area contributed by atoms with Crippen LogP contribution in [0.5, 0.6) is 0 Å². The lowest BCUT2D eigenvalue weighted by Gasteiger charge is -2.14. The molecule has 2 bridgehead atoms. The van der Waals surface area contributed by atoms with E-state index < -0.39 is 0 Å². The van der Waals surface area contributed by atoms with E-state index in [0.717, 1.165) is 26.2 Å². The fraction of sp³-hybridized carbons (Fsp3) is 0.800. The van der Waals surface area contributed by atoms with E-state index in [1.807, 2.05) is 0 Å². The van der Waals surface area contributed by atoms with Crippen molar-refractivity contribution in [2.24, 2.45) is 0 Å². The molecule has 0 spiro atoms. The van der Waals surface area contributed by atoms with Gasteiger partial charge in [-0.1, -0.05) is 0 Å². The van der Waals surface area contributed by atoms with Gasteiger partial charge >= 0.3 is 0 Å². The lowest BCUT2D eigenvalue weighted by molar-refractivity contribution is 0.0162. The maximum absolute atomic E-state index is 8.54. The first-order valence-corrected chi connectivity index (χ1v) is 3.11. The van der Waals surface area contributed by atoms with Crippen LogP contribution >= 0.6 is 0 Å². The first-order valence-electron chi connectivity index (χ1n) is 3.11. The van der Waals surface area contributed by atoms with E-state index in [0.29, 0.717) is 0 Å². The highest BCUT2D eigenvalue weighted by atomic mass is 15.9. The minimum Gasteiger partial charge on any atom is -0.194 e. The topological polar surface area (TPSA) is 33.5 Å². The van der Waals surface area contributed by atoms with Crippen molar-refractivity contribution in [2.75, 3.05) is 26.2 Å². The van der Waals surface area contributed by atoms with Gasteiger partial charge in [0.1, 0.15) is 0 Å². The number of nitriles is 1. The van der Waals surface area contributed by atoms with Crippen LogP contribution in [0.25, 0.3) is 0 Å². The molecule has 0 amide bonds. The molecule has 0 unspecified atom stereocenters. The van der Waals surface area contributed by atoms with Crippen LogP contribution < -0.4 is 0 Å². The summed E-state index contributed by atoms with van der Waals surface area (Å²) in [6.45, 7) is 4.09. The lowest BCUT2D eigenvalue weighted by Crippen LogP contribution is -2.29. The molecule has 0 radical (unpaired) electrons. The van der Waals surface area contributed by atoms with Gasteiger partial charge in [-0.15, -0.1) is 0 Å². The van der Waals surface area contributed by atoms with E-state index in [2.05, 4.69) is 16.2 Å². The van der Waals surface area contributed by atoms with E-state index in [4.69, 9.17) is 5.26 Å². The third-order valence-electron chi connectivity index (χ3n) is 1.86. The molecule has 4 nitrogen and oxygen atoms in total. The Bertz CT molecular complexity index is 141. The van der Waals surface area contributed by atoms with Crippen molar-refractivity contribution in [3.8, 4) is 6.19 Å². The summed E-state index contributed by atoms with van der Waals surface area (Å²) in [7, 11) is 0. The van der Waals surface area contributed by atoms with E-state index >= 15 is 0 Å². The molecule has 0 aromatic heterocycles. The Morgan fingerprint density at radius 2 is 1.44 bits per heavy atom. The minimum absolute atomic E-state index is 1.02. The normalized spacial score (nSPS) is 39.2. The van der Waals surface area contributed by atoms with Crippen LogP contribution in [0.2, 0.25) is 0 Å². The van der Waals surface area contributed by atoms with Gasteiger partial charge in [0.25, 0.3) is 0 Å². The van der Waals surface area contributed by atoms with Crippen molar-refractivity contribution in [3.63, 3.8) is 0 Å². The van der Waals surface area contributed by atoms with Crippen molar-refractivity contribution in [1.82, 2.24) is 15.1 Å². The Hall–Kier alpha value is -0.790. The van der Waals surface area contributed by atoms with Crippen LogP contribution in [0.1, 0.15) is 0 Å². The summed E-state index contributed by atoms with van der Waals surface area (Å²) < 4.78 is 0. The summed E-state index contributed by atoms with van der Waals surface area (Å²) in [4.78, 5) is 0. The summed E-state index contributed by atoms with van der Waals surface area (Å²) >= 11 is 0. The molecule has 2 aliphatic heterocycles. The van der Waals surface area contributed by atoms with Crippen LogP contribution in [0.3, 0.4) is 0 Å². The third-order valence-corrected chi connectivity index (χ3v) is 1.86. The van der Waals surface area contributed by atoms with Gasteiger partial charge in [-0.3, -0.25) is 0 Å². The molecular weight excluding hydrogens is 116 g/mol. The smallest absolute Gasteiger partial charge is 0.194 e. The standard InChI is InChI=1S/C5H8N4/c6-5-9-7-1-2-8(9)4-3-7/h1-4H2. The molecule has 0 aromatic carbocycles. The Labute approximate surface area is 53.8 Å². The molecule has 0 atom stereocenters. The number of hydrogen-bond donors (Lipinski definition) is 0. The van der Waals surface area contributed by atoms with Gasteiger partial charge in [0.15, 0.2) is 0 Å². The summed E-state index contributed by atoms with van der Waals surface area (Å²) in [6.07, 6.45) is 2.11. The monoisotopic (exact) mass is 124 g/mol. The predicted molar refractivity (Wildman–Crippen MR) is 30.6 cm³/mol. The fourth-order valence-corrected chi connectivity index (χ4v) is 1.37. The Kier molecular flexibility index (Phi) is 0.891. The summed E-state index contributed by atoms with van der Waals surface area (Å²) in [5.74, 6) is 0. The number of nitrogens with zero attached hydrogens (tertiary/aromatic N) is 4. The van der Waals surface area contributed by atoms with Crippen molar-refractivity contribution >= 4 is 0 Å².